The molecule has 0 aliphatic carbocycles. The molecule has 1 spiro atoms. The standard InChI is InChI=1S/C19H25N3O4/c1-20-13-19(26-18(20)24)7-4-8-22(14-19)17(23)12-21-9-10-25-16-6-3-2-5-15(16)11-21/h2-3,5-6H,4,7-14H2,1H3/t19-/m1/s1. The Bertz CT molecular complexity index is 710. The normalized spacial score (nSPS) is 26.3. The molecule has 3 heterocycles. The highest BCUT2D eigenvalue weighted by atomic mass is 16.6. The molecule has 7 heteroatoms. The Hall–Kier alpha value is -2.28. The molecule has 1 aromatic rings. The summed E-state index contributed by atoms with van der Waals surface area (Å²) in [6.45, 7) is 4.14. The zero-order chi connectivity index (χ0) is 18.1. The van der Waals surface area contributed by atoms with E-state index in [1.54, 1.807) is 11.9 Å². The third kappa shape index (κ3) is 3.35. The number of amides is 2. The maximum atomic E-state index is 12.9. The Kier molecular flexibility index (Phi) is 4.48. The summed E-state index contributed by atoms with van der Waals surface area (Å²) >= 11 is 0. The molecule has 0 radical (unpaired) electrons. The monoisotopic (exact) mass is 359 g/mol. The first kappa shape index (κ1) is 17.1. The second-order valence-electron chi connectivity index (χ2n) is 7.49. The summed E-state index contributed by atoms with van der Waals surface area (Å²) in [6, 6.07) is 7.97. The minimum Gasteiger partial charge on any atom is -0.492 e. The average Bonchev–Trinajstić information content (AvgIpc) is 2.79. The van der Waals surface area contributed by atoms with E-state index in [1.165, 1.54) is 0 Å². The second kappa shape index (κ2) is 6.79. The fourth-order valence-corrected chi connectivity index (χ4v) is 4.12. The molecule has 0 bridgehead atoms. The van der Waals surface area contributed by atoms with Crippen LogP contribution in [0.1, 0.15) is 18.4 Å². The summed E-state index contributed by atoms with van der Waals surface area (Å²) in [5.41, 5.74) is 0.577. The van der Waals surface area contributed by atoms with E-state index in [0.29, 0.717) is 32.8 Å². The van der Waals surface area contributed by atoms with Crippen LogP contribution in [-0.2, 0) is 16.1 Å². The smallest absolute Gasteiger partial charge is 0.410 e. The van der Waals surface area contributed by atoms with Gasteiger partial charge in [0, 0.05) is 32.2 Å². The summed E-state index contributed by atoms with van der Waals surface area (Å²) in [4.78, 5) is 30.2. The molecule has 0 saturated carbocycles. The maximum absolute atomic E-state index is 12.9. The zero-order valence-corrected chi connectivity index (χ0v) is 15.1. The van der Waals surface area contributed by atoms with Gasteiger partial charge in [-0.1, -0.05) is 18.2 Å². The van der Waals surface area contributed by atoms with Crippen molar-refractivity contribution in [3.8, 4) is 5.75 Å². The van der Waals surface area contributed by atoms with Crippen LogP contribution in [0.25, 0.3) is 0 Å². The van der Waals surface area contributed by atoms with Gasteiger partial charge in [0.25, 0.3) is 0 Å². The van der Waals surface area contributed by atoms with Gasteiger partial charge in [0.15, 0.2) is 0 Å². The van der Waals surface area contributed by atoms with Crippen molar-refractivity contribution in [1.29, 1.82) is 0 Å². The average molecular weight is 359 g/mol. The fraction of sp³-hybridized carbons (Fsp3) is 0.579. The van der Waals surface area contributed by atoms with Gasteiger partial charge < -0.3 is 19.3 Å². The van der Waals surface area contributed by atoms with Crippen LogP contribution in [0.3, 0.4) is 0 Å². The van der Waals surface area contributed by atoms with Crippen molar-refractivity contribution in [2.75, 3.05) is 46.4 Å². The van der Waals surface area contributed by atoms with Crippen molar-refractivity contribution in [2.24, 2.45) is 0 Å². The van der Waals surface area contributed by atoms with Crippen LogP contribution in [0.15, 0.2) is 24.3 Å². The minimum absolute atomic E-state index is 0.0917. The number of para-hydroxylation sites is 1. The van der Waals surface area contributed by atoms with Crippen LogP contribution in [-0.4, -0.2) is 78.7 Å². The number of fused-ring (bicyclic) bond motifs is 1. The minimum atomic E-state index is -0.533. The predicted molar refractivity (Wildman–Crippen MR) is 94.9 cm³/mol. The van der Waals surface area contributed by atoms with Gasteiger partial charge in [-0.2, -0.15) is 0 Å². The molecule has 2 saturated heterocycles. The Labute approximate surface area is 153 Å². The van der Waals surface area contributed by atoms with E-state index in [0.717, 1.165) is 37.2 Å². The molecule has 0 aromatic heterocycles. The van der Waals surface area contributed by atoms with Gasteiger partial charge in [-0.25, -0.2) is 4.79 Å². The lowest BCUT2D eigenvalue weighted by atomic mass is 9.92. The molecular weight excluding hydrogens is 334 g/mol. The summed E-state index contributed by atoms with van der Waals surface area (Å²) in [5.74, 6) is 0.995. The lowest BCUT2D eigenvalue weighted by Gasteiger charge is -2.39. The van der Waals surface area contributed by atoms with Gasteiger partial charge in [-0.3, -0.25) is 9.69 Å². The highest BCUT2D eigenvalue weighted by Gasteiger charge is 2.47. The van der Waals surface area contributed by atoms with Gasteiger partial charge in [0.2, 0.25) is 5.91 Å². The fourth-order valence-electron chi connectivity index (χ4n) is 4.12. The Morgan fingerprint density at radius 2 is 2.08 bits per heavy atom. The molecule has 1 aromatic carbocycles. The van der Waals surface area contributed by atoms with Gasteiger partial charge in [0.05, 0.1) is 19.6 Å². The first-order valence-corrected chi connectivity index (χ1v) is 9.20. The molecule has 2 amide bonds. The summed E-state index contributed by atoms with van der Waals surface area (Å²) in [7, 11) is 1.74. The summed E-state index contributed by atoms with van der Waals surface area (Å²) in [6.07, 6.45) is 1.39. The topological polar surface area (TPSA) is 62.3 Å². The van der Waals surface area contributed by atoms with E-state index in [2.05, 4.69) is 4.90 Å². The lowest BCUT2D eigenvalue weighted by molar-refractivity contribution is -0.138. The highest BCUT2D eigenvalue weighted by Crippen LogP contribution is 2.31. The largest absolute Gasteiger partial charge is 0.492 e. The van der Waals surface area contributed by atoms with Crippen LogP contribution in [0.4, 0.5) is 4.79 Å². The molecule has 26 heavy (non-hydrogen) atoms. The van der Waals surface area contributed by atoms with Crippen LogP contribution >= 0.6 is 0 Å². The van der Waals surface area contributed by atoms with Gasteiger partial charge in [-0.15, -0.1) is 0 Å². The molecule has 7 nitrogen and oxygen atoms in total. The predicted octanol–water partition coefficient (Wildman–Crippen LogP) is 1.32. The van der Waals surface area contributed by atoms with Gasteiger partial charge in [-0.05, 0) is 18.9 Å². The van der Waals surface area contributed by atoms with Crippen LogP contribution < -0.4 is 4.74 Å². The lowest BCUT2D eigenvalue weighted by Crippen LogP contribution is -2.54. The number of hydrogen-bond donors (Lipinski definition) is 0. The van der Waals surface area contributed by atoms with Crippen molar-refractivity contribution >= 4 is 12.0 Å². The maximum Gasteiger partial charge on any atom is 0.410 e. The Balaban J connectivity index is 1.40. The van der Waals surface area contributed by atoms with Crippen molar-refractivity contribution in [3.63, 3.8) is 0 Å². The Morgan fingerprint density at radius 3 is 2.88 bits per heavy atom. The second-order valence-corrected chi connectivity index (χ2v) is 7.49. The number of ether oxygens (including phenoxy) is 2. The molecule has 1 atom stereocenters. The summed E-state index contributed by atoms with van der Waals surface area (Å²) in [5, 5.41) is 0. The number of carbonyl (C=O) groups excluding carboxylic acids is 2. The van der Waals surface area contributed by atoms with E-state index < -0.39 is 5.60 Å². The van der Waals surface area contributed by atoms with Crippen LogP contribution in [0.5, 0.6) is 5.75 Å². The van der Waals surface area contributed by atoms with Crippen LogP contribution in [0, 0.1) is 0 Å². The van der Waals surface area contributed by atoms with Crippen molar-refractivity contribution in [2.45, 2.75) is 25.0 Å². The molecule has 3 aliphatic rings. The SMILES string of the molecule is CN1C[C@@]2(CCCN(C(=O)CN3CCOc4ccccc4C3)C2)OC1=O. The number of nitrogens with zero attached hydrogens (tertiary/aromatic N) is 3. The number of piperidine rings is 1. The molecule has 2 fully saturated rings. The number of rotatable bonds is 2. The molecule has 3 aliphatic heterocycles. The van der Waals surface area contributed by atoms with E-state index in [9.17, 15) is 9.59 Å². The first-order valence-electron chi connectivity index (χ1n) is 9.20. The van der Waals surface area contributed by atoms with Gasteiger partial charge in [0.1, 0.15) is 18.0 Å². The van der Waals surface area contributed by atoms with E-state index in [-0.39, 0.29) is 12.0 Å². The highest BCUT2D eigenvalue weighted by molar-refractivity contribution is 5.79. The van der Waals surface area contributed by atoms with E-state index in [4.69, 9.17) is 9.47 Å². The molecule has 140 valence electrons. The number of likely N-dealkylation sites (tertiary alicyclic amines) is 1. The number of benzene rings is 1. The number of carbonyl (C=O) groups is 2. The Morgan fingerprint density at radius 1 is 1.23 bits per heavy atom. The third-order valence-corrected chi connectivity index (χ3v) is 5.42. The number of likely N-dealkylation sites (N-methyl/N-ethyl adjacent to an activating group) is 1. The van der Waals surface area contributed by atoms with E-state index in [1.807, 2.05) is 29.2 Å². The molecule has 4 rings (SSSR count). The third-order valence-electron chi connectivity index (χ3n) is 5.42. The summed E-state index contributed by atoms with van der Waals surface area (Å²) < 4.78 is 11.4. The van der Waals surface area contributed by atoms with Crippen molar-refractivity contribution in [3.05, 3.63) is 29.8 Å². The first-order chi connectivity index (χ1) is 12.5. The molecule has 0 unspecified atom stereocenters. The molecule has 0 N–H and O–H groups in total. The number of hydrogen-bond acceptors (Lipinski definition) is 5. The zero-order valence-electron chi connectivity index (χ0n) is 15.1. The van der Waals surface area contributed by atoms with Gasteiger partial charge >= 0.3 is 6.09 Å². The van der Waals surface area contributed by atoms with Crippen LogP contribution in [0.2, 0.25) is 0 Å². The molecular formula is C19H25N3O4. The van der Waals surface area contributed by atoms with Crippen molar-refractivity contribution < 1.29 is 19.1 Å². The quantitative estimate of drug-likeness (QED) is 0.797. The van der Waals surface area contributed by atoms with E-state index >= 15 is 0 Å². The van der Waals surface area contributed by atoms with Crippen molar-refractivity contribution in [1.82, 2.24) is 14.7 Å².